The van der Waals surface area contributed by atoms with E-state index in [9.17, 15) is 9.59 Å². The summed E-state index contributed by atoms with van der Waals surface area (Å²) in [4.78, 5) is 21.9. The van der Waals surface area contributed by atoms with E-state index >= 15 is 0 Å². The summed E-state index contributed by atoms with van der Waals surface area (Å²) in [6, 6.07) is 9.68. The Morgan fingerprint density at radius 3 is 2.24 bits per heavy atom. The smallest absolute Gasteiger partial charge is 0.303 e. The van der Waals surface area contributed by atoms with Crippen molar-refractivity contribution in [1.29, 1.82) is 0 Å². The van der Waals surface area contributed by atoms with Crippen molar-refractivity contribution < 1.29 is 14.7 Å². The van der Waals surface area contributed by atoms with Gasteiger partial charge in [0.15, 0.2) is 0 Å². The number of unbranched alkanes of at least 4 members (excludes halogenated alkanes) is 2. The Bertz CT molecular complexity index is 357. The third-order valence-electron chi connectivity index (χ3n) is 2.59. The van der Waals surface area contributed by atoms with E-state index in [1.807, 2.05) is 30.3 Å². The van der Waals surface area contributed by atoms with E-state index in [1.165, 1.54) is 0 Å². The van der Waals surface area contributed by atoms with Crippen LogP contribution in [0.5, 0.6) is 0 Å². The number of carboxylic acids is 1. The van der Waals surface area contributed by atoms with E-state index in [0.717, 1.165) is 18.4 Å². The number of Topliss-reactive ketones (excluding diaryl/α,β-unsaturated/α-hetero) is 1. The highest BCUT2D eigenvalue weighted by molar-refractivity contribution is 5.80. The Labute approximate surface area is 101 Å². The van der Waals surface area contributed by atoms with Crippen molar-refractivity contribution in [2.24, 2.45) is 0 Å². The minimum atomic E-state index is -0.763. The number of benzene rings is 1. The lowest BCUT2D eigenvalue weighted by Gasteiger charge is -2.01. The molecule has 92 valence electrons. The first-order chi connectivity index (χ1) is 8.18. The molecule has 3 nitrogen and oxygen atoms in total. The maximum absolute atomic E-state index is 11.6. The maximum atomic E-state index is 11.6. The van der Waals surface area contributed by atoms with E-state index in [2.05, 4.69) is 0 Å². The number of carbonyl (C=O) groups excluding carboxylic acids is 1. The van der Waals surface area contributed by atoms with Crippen LogP contribution in [0.15, 0.2) is 30.3 Å². The van der Waals surface area contributed by atoms with Gasteiger partial charge in [-0.3, -0.25) is 9.59 Å². The van der Waals surface area contributed by atoms with Crippen LogP contribution in [0.4, 0.5) is 0 Å². The van der Waals surface area contributed by atoms with Crippen LogP contribution in [0.2, 0.25) is 0 Å². The molecule has 0 aliphatic carbocycles. The standard InChI is InChI=1S/C14H18O3/c15-13(9-5-2-6-10-14(16)17)11-12-7-3-1-4-8-12/h1,3-4,7-8H,2,5-6,9-11H2,(H,16,17). The van der Waals surface area contributed by atoms with Crippen molar-refractivity contribution in [3.63, 3.8) is 0 Å². The zero-order valence-corrected chi connectivity index (χ0v) is 9.89. The first-order valence-electron chi connectivity index (χ1n) is 5.96. The molecule has 0 bridgehead atoms. The largest absolute Gasteiger partial charge is 0.481 e. The number of carbonyl (C=O) groups is 2. The lowest BCUT2D eigenvalue weighted by atomic mass is 10.0. The van der Waals surface area contributed by atoms with E-state index < -0.39 is 5.97 Å². The van der Waals surface area contributed by atoms with E-state index in [4.69, 9.17) is 5.11 Å². The van der Waals surface area contributed by atoms with Gasteiger partial charge in [0.1, 0.15) is 5.78 Å². The summed E-state index contributed by atoms with van der Waals surface area (Å²) in [5.74, 6) is -0.535. The van der Waals surface area contributed by atoms with Gasteiger partial charge in [0.25, 0.3) is 0 Å². The van der Waals surface area contributed by atoms with Crippen molar-refractivity contribution >= 4 is 11.8 Å². The van der Waals surface area contributed by atoms with Crippen LogP contribution in [0.25, 0.3) is 0 Å². The van der Waals surface area contributed by atoms with Crippen LogP contribution in [0, 0.1) is 0 Å². The maximum Gasteiger partial charge on any atom is 0.303 e. The second-order valence-electron chi connectivity index (χ2n) is 4.16. The fourth-order valence-corrected chi connectivity index (χ4v) is 1.69. The van der Waals surface area contributed by atoms with Crippen LogP contribution in [0.1, 0.15) is 37.7 Å². The lowest BCUT2D eigenvalue weighted by molar-refractivity contribution is -0.137. The Balaban J connectivity index is 2.12. The van der Waals surface area contributed by atoms with Crippen LogP contribution < -0.4 is 0 Å². The van der Waals surface area contributed by atoms with Gasteiger partial charge in [-0.25, -0.2) is 0 Å². The first-order valence-corrected chi connectivity index (χ1v) is 5.96. The van der Waals surface area contributed by atoms with Crippen molar-refractivity contribution in [1.82, 2.24) is 0 Å². The lowest BCUT2D eigenvalue weighted by Crippen LogP contribution is -2.02. The van der Waals surface area contributed by atoms with E-state index in [0.29, 0.717) is 19.3 Å². The minimum absolute atomic E-state index is 0.201. The zero-order valence-electron chi connectivity index (χ0n) is 9.89. The molecule has 3 heteroatoms. The van der Waals surface area contributed by atoms with Crippen LogP contribution in [-0.2, 0) is 16.0 Å². The molecule has 1 aromatic carbocycles. The summed E-state index contributed by atoms with van der Waals surface area (Å²) >= 11 is 0. The SMILES string of the molecule is O=C(O)CCCCCC(=O)Cc1ccccc1. The fourth-order valence-electron chi connectivity index (χ4n) is 1.69. The van der Waals surface area contributed by atoms with Crippen molar-refractivity contribution in [3.05, 3.63) is 35.9 Å². The highest BCUT2D eigenvalue weighted by Crippen LogP contribution is 2.07. The Morgan fingerprint density at radius 2 is 1.59 bits per heavy atom. The first kappa shape index (κ1) is 13.4. The quantitative estimate of drug-likeness (QED) is 0.704. The molecule has 17 heavy (non-hydrogen) atoms. The Hall–Kier alpha value is -1.64. The second-order valence-corrected chi connectivity index (χ2v) is 4.16. The van der Waals surface area contributed by atoms with Gasteiger partial charge in [-0.2, -0.15) is 0 Å². The average Bonchev–Trinajstić information content (AvgIpc) is 2.29. The molecule has 0 aliphatic rings. The molecule has 0 aliphatic heterocycles. The van der Waals surface area contributed by atoms with Crippen LogP contribution in [0.3, 0.4) is 0 Å². The molecule has 1 aromatic rings. The summed E-state index contributed by atoms with van der Waals surface area (Å²) in [6.07, 6.45) is 3.50. The van der Waals surface area contributed by atoms with Crippen LogP contribution in [-0.4, -0.2) is 16.9 Å². The highest BCUT2D eigenvalue weighted by atomic mass is 16.4. The molecule has 0 saturated heterocycles. The summed E-state index contributed by atoms with van der Waals surface area (Å²) in [5, 5.41) is 8.45. The molecular weight excluding hydrogens is 216 g/mol. The minimum Gasteiger partial charge on any atom is -0.481 e. The summed E-state index contributed by atoms with van der Waals surface area (Å²) in [5.41, 5.74) is 1.04. The number of carboxylic acid groups (broad SMARTS) is 1. The second kappa shape index (κ2) is 7.60. The topological polar surface area (TPSA) is 54.4 Å². The number of hydrogen-bond acceptors (Lipinski definition) is 2. The van der Waals surface area contributed by atoms with Gasteiger partial charge in [0, 0.05) is 19.3 Å². The molecule has 0 unspecified atom stereocenters. The van der Waals surface area contributed by atoms with Gasteiger partial charge in [-0.05, 0) is 18.4 Å². The predicted molar refractivity (Wildman–Crippen MR) is 65.9 cm³/mol. The van der Waals surface area contributed by atoms with Gasteiger partial charge in [-0.15, -0.1) is 0 Å². The predicted octanol–water partition coefficient (Wildman–Crippen LogP) is 2.83. The molecule has 0 aromatic heterocycles. The van der Waals surface area contributed by atoms with Crippen molar-refractivity contribution in [3.8, 4) is 0 Å². The number of hydrogen-bond donors (Lipinski definition) is 1. The summed E-state index contributed by atoms with van der Waals surface area (Å²) in [6.45, 7) is 0. The molecule has 0 amide bonds. The monoisotopic (exact) mass is 234 g/mol. The molecular formula is C14H18O3. The normalized spacial score (nSPS) is 10.1. The highest BCUT2D eigenvalue weighted by Gasteiger charge is 2.03. The van der Waals surface area contributed by atoms with Crippen molar-refractivity contribution in [2.75, 3.05) is 0 Å². The number of ketones is 1. The third kappa shape index (κ3) is 6.51. The summed E-state index contributed by atoms with van der Waals surface area (Å²) in [7, 11) is 0. The summed E-state index contributed by atoms with van der Waals surface area (Å²) < 4.78 is 0. The third-order valence-corrected chi connectivity index (χ3v) is 2.59. The van der Waals surface area contributed by atoms with Crippen LogP contribution >= 0.6 is 0 Å². The van der Waals surface area contributed by atoms with E-state index in [-0.39, 0.29) is 12.2 Å². The van der Waals surface area contributed by atoms with Gasteiger partial charge in [0.2, 0.25) is 0 Å². The molecule has 0 fully saturated rings. The molecule has 0 atom stereocenters. The van der Waals surface area contributed by atoms with Crippen molar-refractivity contribution in [2.45, 2.75) is 38.5 Å². The Kier molecular flexibility index (Phi) is 6.00. The molecule has 1 N–H and O–H groups in total. The Morgan fingerprint density at radius 1 is 0.941 bits per heavy atom. The molecule has 0 saturated carbocycles. The molecule has 0 radical (unpaired) electrons. The fraction of sp³-hybridized carbons (Fsp3) is 0.429. The number of rotatable bonds is 8. The average molecular weight is 234 g/mol. The zero-order chi connectivity index (χ0) is 12.5. The van der Waals surface area contributed by atoms with Gasteiger partial charge >= 0.3 is 5.97 Å². The van der Waals surface area contributed by atoms with Gasteiger partial charge in [0.05, 0.1) is 0 Å². The van der Waals surface area contributed by atoms with Gasteiger partial charge < -0.3 is 5.11 Å². The van der Waals surface area contributed by atoms with Gasteiger partial charge in [-0.1, -0.05) is 36.8 Å². The molecule has 0 spiro atoms. The van der Waals surface area contributed by atoms with E-state index in [1.54, 1.807) is 0 Å². The molecule has 0 heterocycles. The molecule has 1 rings (SSSR count). The number of aliphatic carboxylic acids is 1.